The lowest BCUT2D eigenvalue weighted by molar-refractivity contribution is 0.625. The normalized spacial score (nSPS) is 12.4. The van der Waals surface area contributed by atoms with E-state index in [1.54, 1.807) is 17.8 Å². The summed E-state index contributed by atoms with van der Waals surface area (Å²) in [4.78, 5) is 1.19. The van der Waals surface area contributed by atoms with Gasteiger partial charge in [-0.25, -0.2) is 4.39 Å². The summed E-state index contributed by atoms with van der Waals surface area (Å²) in [6.45, 7) is 2.13. The summed E-state index contributed by atoms with van der Waals surface area (Å²) < 4.78 is 14.1. The van der Waals surface area contributed by atoms with Crippen molar-refractivity contribution in [3.05, 3.63) is 63.9 Å². The molecule has 2 aromatic rings. The van der Waals surface area contributed by atoms with Gasteiger partial charge >= 0.3 is 0 Å². The monoisotopic (exact) mass is 353 g/mol. The number of rotatable bonds is 5. The first-order chi connectivity index (χ1) is 9.58. The molecule has 0 spiro atoms. The predicted molar refractivity (Wildman–Crippen MR) is 87.6 cm³/mol. The SMILES string of the molecule is CNC(C)c1ccc(SCc2cc(F)cc(Br)c2)cc1. The molecule has 0 aliphatic rings. The first kappa shape index (κ1) is 15.5. The van der Waals surface area contributed by atoms with Crippen molar-refractivity contribution in [1.82, 2.24) is 5.32 Å². The van der Waals surface area contributed by atoms with E-state index in [0.717, 1.165) is 15.8 Å². The molecular weight excluding hydrogens is 337 g/mol. The zero-order valence-electron chi connectivity index (χ0n) is 11.5. The third kappa shape index (κ3) is 4.33. The Morgan fingerprint density at radius 3 is 2.50 bits per heavy atom. The molecule has 1 unspecified atom stereocenters. The fourth-order valence-electron chi connectivity index (χ4n) is 1.88. The molecule has 0 aliphatic heterocycles. The van der Waals surface area contributed by atoms with Crippen LogP contribution in [0, 0.1) is 5.82 Å². The van der Waals surface area contributed by atoms with E-state index in [9.17, 15) is 4.39 Å². The number of benzene rings is 2. The van der Waals surface area contributed by atoms with Crippen LogP contribution in [0.2, 0.25) is 0 Å². The Balaban J connectivity index is 2.00. The Hall–Kier alpha value is -0.840. The molecule has 0 bridgehead atoms. The van der Waals surface area contributed by atoms with E-state index in [2.05, 4.69) is 52.4 Å². The van der Waals surface area contributed by atoms with E-state index in [0.29, 0.717) is 6.04 Å². The Kier molecular flexibility index (Phi) is 5.64. The molecule has 4 heteroatoms. The van der Waals surface area contributed by atoms with Crippen molar-refractivity contribution in [2.75, 3.05) is 7.05 Å². The first-order valence-corrected chi connectivity index (χ1v) is 8.21. The minimum Gasteiger partial charge on any atom is -0.313 e. The highest BCUT2D eigenvalue weighted by Gasteiger charge is 2.03. The molecule has 2 aromatic carbocycles. The van der Waals surface area contributed by atoms with Crippen molar-refractivity contribution in [3.8, 4) is 0 Å². The van der Waals surface area contributed by atoms with Gasteiger partial charge in [0.2, 0.25) is 0 Å². The molecule has 20 heavy (non-hydrogen) atoms. The number of hydrogen-bond acceptors (Lipinski definition) is 2. The van der Waals surface area contributed by atoms with Gasteiger partial charge in [-0.2, -0.15) is 0 Å². The summed E-state index contributed by atoms with van der Waals surface area (Å²) in [6.07, 6.45) is 0. The van der Waals surface area contributed by atoms with Crippen molar-refractivity contribution >= 4 is 27.7 Å². The van der Waals surface area contributed by atoms with E-state index in [4.69, 9.17) is 0 Å². The maximum absolute atomic E-state index is 13.3. The Morgan fingerprint density at radius 2 is 1.90 bits per heavy atom. The lowest BCUT2D eigenvalue weighted by Crippen LogP contribution is -2.11. The summed E-state index contributed by atoms with van der Waals surface area (Å²) >= 11 is 5.03. The van der Waals surface area contributed by atoms with Crippen molar-refractivity contribution in [2.45, 2.75) is 23.6 Å². The minimum absolute atomic E-state index is 0.201. The van der Waals surface area contributed by atoms with Gasteiger partial charge in [-0.05, 0) is 55.4 Å². The van der Waals surface area contributed by atoms with Crippen LogP contribution in [0.15, 0.2) is 51.8 Å². The van der Waals surface area contributed by atoms with Gasteiger partial charge in [-0.1, -0.05) is 28.1 Å². The molecule has 0 aromatic heterocycles. The lowest BCUT2D eigenvalue weighted by atomic mass is 10.1. The molecule has 0 fully saturated rings. The van der Waals surface area contributed by atoms with Gasteiger partial charge < -0.3 is 5.32 Å². The maximum Gasteiger partial charge on any atom is 0.124 e. The molecule has 0 saturated heterocycles. The lowest BCUT2D eigenvalue weighted by Gasteiger charge is -2.11. The Labute approximate surface area is 132 Å². The molecule has 1 atom stereocenters. The maximum atomic E-state index is 13.3. The molecule has 106 valence electrons. The highest BCUT2D eigenvalue weighted by Crippen LogP contribution is 2.26. The zero-order chi connectivity index (χ0) is 14.5. The van der Waals surface area contributed by atoms with Crippen LogP contribution in [0.25, 0.3) is 0 Å². The standard InChI is InChI=1S/C16H17BrFNS/c1-11(19-2)13-3-5-16(6-4-13)20-10-12-7-14(17)9-15(18)8-12/h3-9,11,19H,10H2,1-2H3. The van der Waals surface area contributed by atoms with Crippen LogP contribution in [0.1, 0.15) is 24.1 Å². The number of halogens is 2. The van der Waals surface area contributed by atoms with Gasteiger partial charge in [0.15, 0.2) is 0 Å². The molecule has 1 N–H and O–H groups in total. The number of hydrogen-bond donors (Lipinski definition) is 1. The van der Waals surface area contributed by atoms with Gasteiger partial charge in [0.25, 0.3) is 0 Å². The zero-order valence-corrected chi connectivity index (χ0v) is 13.9. The molecule has 0 saturated carbocycles. The topological polar surface area (TPSA) is 12.0 Å². The van der Waals surface area contributed by atoms with Crippen LogP contribution in [0.5, 0.6) is 0 Å². The van der Waals surface area contributed by atoms with Crippen LogP contribution in [-0.2, 0) is 5.75 Å². The summed E-state index contributed by atoms with van der Waals surface area (Å²) in [5.74, 6) is 0.560. The Bertz CT molecular complexity index is 551. The van der Waals surface area contributed by atoms with E-state index >= 15 is 0 Å². The summed E-state index contributed by atoms with van der Waals surface area (Å²) in [5.41, 5.74) is 2.25. The van der Waals surface area contributed by atoms with Crippen LogP contribution < -0.4 is 5.32 Å². The van der Waals surface area contributed by atoms with E-state index in [1.807, 2.05) is 13.1 Å². The number of nitrogens with one attached hydrogen (secondary N) is 1. The predicted octanol–water partition coefficient (Wildman–Crippen LogP) is 5.16. The second-order valence-electron chi connectivity index (χ2n) is 4.65. The minimum atomic E-state index is -0.201. The molecule has 0 radical (unpaired) electrons. The fourth-order valence-corrected chi connectivity index (χ4v) is 3.22. The van der Waals surface area contributed by atoms with Crippen molar-refractivity contribution in [1.29, 1.82) is 0 Å². The van der Waals surface area contributed by atoms with Gasteiger partial charge in [0.1, 0.15) is 5.82 Å². The summed E-state index contributed by atoms with van der Waals surface area (Å²) in [6, 6.07) is 13.8. The quantitative estimate of drug-likeness (QED) is 0.745. The van der Waals surface area contributed by atoms with Crippen molar-refractivity contribution < 1.29 is 4.39 Å². The second kappa shape index (κ2) is 7.25. The molecule has 0 heterocycles. The molecule has 0 aliphatic carbocycles. The Morgan fingerprint density at radius 1 is 1.20 bits per heavy atom. The van der Waals surface area contributed by atoms with Crippen LogP contribution in [0.3, 0.4) is 0 Å². The average molecular weight is 354 g/mol. The highest BCUT2D eigenvalue weighted by molar-refractivity contribution is 9.10. The van der Waals surface area contributed by atoms with Crippen molar-refractivity contribution in [3.63, 3.8) is 0 Å². The van der Waals surface area contributed by atoms with Gasteiger partial charge in [0.05, 0.1) is 0 Å². The van der Waals surface area contributed by atoms with Crippen LogP contribution in [0.4, 0.5) is 4.39 Å². The second-order valence-corrected chi connectivity index (χ2v) is 6.61. The smallest absolute Gasteiger partial charge is 0.124 e. The third-order valence-electron chi connectivity index (χ3n) is 3.14. The fraction of sp³-hybridized carbons (Fsp3) is 0.250. The molecular formula is C16H17BrFNS. The largest absolute Gasteiger partial charge is 0.313 e. The van der Waals surface area contributed by atoms with E-state index < -0.39 is 0 Å². The van der Waals surface area contributed by atoms with Gasteiger partial charge in [-0.15, -0.1) is 11.8 Å². The molecule has 1 nitrogen and oxygen atoms in total. The average Bonchev–Trinajstić information content (AvgIpc) is 2.44. The molecule has 2 rings (SSSR count). The van der Waals surface area contributed by atoms with Gasteiger partial charge in [-0.3, -0.25) is 0 Å². The van der Waals surface area contributed by atoms with Crippen LogP contribution >= 0.6 is 27.7 Å². The molecule has 0 amide bonds. The number of thioether (sulfide) groups is 1. The van der Waals surface area contributed by atoms with Crippen LogP contribution in [-0.4, -0.2) is 7.05 Å². The van der Waals surface area contributed by atoms with Gasteiger partial charge in [0, 0.05) is 21.2 Å². The third-order valence-corrected chi connectivity index (χ3v) is 4.68. The highest BCUT2D eigenvalue weighted by atomic mass is 79.9. The summed E-state index contributed by atoms with van der Waals surface area (Å²) in [5, 5.41) is 3.22. The first-order valence-electron chi connectivity index (χ1n) is 6.43. The van der Waals surface area contributed by atoms with E-state index in [1.165, 1.54) is 16.5 Å². The van der Waals surface area contributed by atoms with E-state index in [-0.39, 0.29) is 5.82 Å². The summed E-state index contributed by atoms with van der Waals surface area (Å²) in [7, 11) is 1.95. The van der Waals surface area contributed by atoms with Crippen molar-refractivity contribution in [2.24, 2.45) is 0 Å².